The van der Waals surface area contributed by atoms with Gasteiger partial charge in [-0.2, -0.15) is 0 Å². The summed E-state index contributed by atoms with van der Waals surface area (Å²) in [6, 6.07) is 1.11. The third-order valence-corrected chi connectivity index (χ3v) is 2.24. The molecule has 0 radical (unpaired) electrons. The smallest absolute Gasteiger partial charge is 0.339 e. The van der Waals surface area contributed by atoms with Crippen LogP contribution in [-0.4, -0.2) is 54.2 Å². The van der Waals surface area contributed by atoms with E-state index in [1.54, 1.807) is 14.1 Å². The van der Waals surface area contributed by atoms with E-state index in [0.717, 1.165) is 0 Å². The molecule has 1 rings (SSSR count). The van der Waals surface area contributed by atoms with E-state index in [-0.39, 0.29) is 23.1 Å². The summed E-state index contributed by atoms with van der Waals surface area (Å²) in [5.41, 5.74) is 5.76. The number of anilines is 2. The standard InChI is InChI=1S/C11H17N5O3/c1-16(2)11(19)14-4-3-13-9-8(10(17)18)5-7(12)6-15-9/h5-6H,3-4,12H2,1-2H3,(H,13,15)(H,14,19)(H,17,18). The molecule has 0 unspecified atom stereocenters. The number of urea groups is 1. The summed E-state index contributed by atoms with van der Waals surface area (Å²) in [5.74, 6) is -0.888. The number of aromatic carboxylic acids is 1. The predicted molar refractivity (Wildman–Crippen MR) is 71.2 cm³/mol. The third kappa shape index (κ3) is 4.34. The Kier molecular flexibility index (Phi) is 4.92. The number of aromatic nitrogens is 1. The molecule has 0 saturated heterocycles. The van der Waals surface area contributed by atoms with Crippen LogP contribution in [0.4, 0.5) is 16.3 Å². The maximum absolute atomic E-state index is 11.2. The van der Waals surface area contributed by atoms with Gasteiger partial charge in [0.2, 0.25) is 0 Å². The van der Waals surface area contributed by atoms with Gasteiger partial charge in [0.25, 0.3) is 0 Å². The van der Waals surface area contributed by atoms with Crippen LogP contribution in [0.15, 0.2) is 12.3 Å². The lowest BCUT2D eigenvalue weighted by Gasteiger charge is -2.13. The molecule has 0 aromatic carbocycles. The number of nitrogens with zero attached hydrogens (tertiary/aromatic N) is 2. The number of carboxylic acid groups (broad SMARTS) is 1. The first-order chi connectivity index (χ1) is 8.91. The van der Waals surface area contributed by atoms with Crippen LogP contribution in [0.1, 0.15) is 10.4 Å². The molecule has 19 heavy (non-hydrogen) atoms. The maximum atomic E-state index is 11.2. The summed E-state index contributed by atoms with van der Waals surface area (Å²) in [6.45, 7) is 0.707. The summed E-state index contributed by atoms with van der Waals surface area (Å²) >= 11 is 0. The van der Waals surface area contributed by atoms with Crippen LogP contribution < -0.4 is 16.4 Å². The first-order valence-corrected chi connectivity index (χ1v) is 5.59. The maximum Gasteiger partial charge on any atom is 0.339 e. The fourth-order valence-corrected chi connectivity index (χ4v) is 1.29. The minimum atomic E-state index is -1.11. The number of rotatable bonds is 5. The number of hydrogen-bond donors (Lipinski definition) is 4. The molecule has 8 nitrogen and oxygen atoms in total. The first-order valence-electron chi connectivity index (χ1n) is 5.59. The molecular weight excluding hydrogens is 250 g/mol. The minimum Gasteiger partial charge on any atom is -0.478 e. The van der Waals surface area contributed by atoms with E-state index in [2.05, 4.69) is 15.6 Å². The average Bonchev–Trinajstić information content (AvgIpc) is 2.35. The molecule has 0 atom stereocenters. The van der Waals surface area contributed by atoms with Crippen LogP contribution >= 0.6 is 0 Å². The molecule has 0 saturated carbocycles. The number of hydrogen-bond acceptors (Lipinski definition) is 5. The Morgan fingerprint density at radius 1 is 1.42 bits per heavy atom. The van der Waals surface area contributed by atoms with Crippen molar-refractivity contribution in [2.45, 2.75) is 0 Å². The molecule has 0 spiro atoms. The summed E-state index contributed by atoms with van der Waals surface area (Å²) in [7, 11) is 3.26. The van der Waals surface area contributed by atoms with Gasteiger partial charge in [-0.05, 0) is 6.07 Å². The van der Waals surface area contributed by atoms with Crippen molar-refractivity contribution in [1.82, 2.24) is 15.2 Å². The Hall–Kier alpha value is -2.51. The fourth-order valence-electron chi connectivity index (χ4n) is 1.29. The third-order valence-electron chi connectivity index (χ3n) is 2.24. The zero-order valence-electron chi connectivity index (χ0n) is 10.8. The number of nitrogen functional groups attached to an aromatic ring is 1. The second kappa shape index (κ2) is 6.43. The van der Waals surface area contributed by atoms with Crippen molar-refractivity contribution in [3.63, 3.8) is 0 Å². The van der Waals surface area contributed by atoms with Crippen molar-refractivity contribution in [2.75, 3.05) is 38.2 Å². The highest BCUT2D eigenvalue weighted by Crippen LogP contribution is 2.14. The molecule has 0 bridgehead atoms. The van der Waals surface area contributed by atoms with Crippen molar-refractivity contribution in [2.24, 2.45) is 0 Å². The lowest BCUT2D eigenvalue weighted by atomic mass is 10.2. The predicted octanol–water partition coefficient (Wildman–Crippen LogP) is 0.0451. The van der Waals surface area contributed by atoms with Crippen molar-refractivity contribution in [3.05, 3.63) is 17.8 Å². The monoisotopic (exact) mass is 267 g/mol. The molecule has 2 amide bonds. The van der Waals surface area contributed by atoms with Gasteiger partial charge in [-0.3, -0.25) is 0 Å². The van der Waals surface area contributed by atoms with Gasteiger partial charge in [0.15, 0.2) is 0 Å². The van der Waals surface area contributed by atoms with Gasteiger partial charge in [-0.15, -0.1) is 0 Å². The van der Waals surface area contributed by atoms with Gasteiger partial charge in [0, 0.05) is 27.2 Å². The zero-order valence-corrected chi connectivity index (χ0v) is 10.8. The molecule has 104 valence electrons. The molecule has 5 N–H and O–H groups in total. The van der Waals surface area contributed by atoms with Gasteiger partial charge in [-0.25, -0.2) is 14.6 Å². The van der Waals surface area contributed by atoms with E-state index >= 15 is 0 Å². The topological polar surface area (TPSA) is 121 Å². The molecule has 0 fully saturated rings. The van der Waals surface area contributed by atoms with Gasteiger partial charge in [0.1, 0.15) is 11.4 Å². The van der Waals surface area contributed by atoms with E-state index in [1.165, 1.54) is 17.2 Å². The quantitative estimate of drug-likeness (QED) is 0.559. The van der Waals surface area contributed by atoms with E-state index in [9.17, 15) is 9.59 Å². The number of carbonyl (C=O) groups is 2. The highest BCUT2D eigenvalue weighted by molar-refractivity contribution is 5.94. The second-order valence-electron chi connectivity index (χ2n) is 4.02. The summed E-state index contributed by atoms with van der Waals surface area (Å²) in [4.78, 5) is 27.5. The first kappa shape index (κ1) is 14.6. The van der Waals surface area contributed by atoms with Crippen LogP contribution in [-0.2, 0) is 0 Å². The molecule has 8 heteroatoms. The Balaban J connectivity index is 2.54. The number of amides is 2. The van der Waals surface area contributed by atoms with E-state index in [1.807, 2.05) is 0 Å². The molecule has 1 aromatic heterocycles. The largest absolute Gasteiger partial charge is 0.478 e. The molecule has 0 aliphatic carbocycles. The lowest BCUT2D eigenvalue weighted by molar-refractivity contribution is 0.0697. The number of nitrogens with two attached hydrogens (primary N) is 1. The van der Waals surface area contributed by atoms with Crippen molar-refractivity contribution < 1.29 is 14.7 Å². The Morgan fingerprint density at radius 2 is 2.11 bits per heavy atom. The van der Waals surface area contributed by atoms with Crippen LogP contribution in [0.5, 0.6) is 0 Å². The van der Waals surface area contributed by atoms with Gasteiger partial charge < -0.3 is 26.4 Å². The van der Waals surface area contributed by atoms with Crippen LogP contribution in [0.3, 0.4) is 0 Å². The van der Waals surface area contributed by atoms with E-state index in [4.69, 9.17) is 10.8 Å². The normalized spacial score (nSPS) is 9.79. The summed E-state index contributed by atoms with van der Waals surface area (Å²) in [5, 5.41) is 14.5. The van der Waals surface area contributed by atoms with Crippen molar-refractivity contribution in [1.29, 1.82) is 0 Å². The van der Waals surface area contributed by atoms with Crippen LogP contribution in [0, 0.1) is 0 Å². The summed E-state index contributed by atoms with van der Waals surface area (Å²) < 4.78 is 0. The SMILES string of the molecule is CN(C)C(=O)NCCNc1ncc(N)cc1C(=O)O. The van der Waals surface area contributed by atoms with Crippen LogP contribution in [0.25, 0.3) is 0 Å². The highest BCUT2D eigenvalue weighted by Gasteiger charge is 2.11. The Labute approximate surface area is 110 Å². The molecular formula is C11H17N5O3. The average molecular weight is 267 g/mol. The molecule has 1 aromatic rings. The molecule has 0 aliphatic heterocycles. The van der Waals surface area contributed by atoms with Gasteiger partial charge >= 0.3 is 12.0 Å². The van der Waals surface area contributed by atoms with Gasteiger partial charge in [0.05, 0.1) is 11.9 Å². The molecule has 0 aliphatic rings. The summed E-state index contributed by atoms with van der Waals surface area (Å²) in [6.07, 6.45) is 1.37. The zero-order chi connectivity index (χ0) is 14.4. The minimum absolute atomic E-state index is 0.000985. The van der Waals surface area contributed by atoms with Crippen LogP contribution in [0.2, 0.25) is 0 Å². The number of nitrogens with one attached hydrogen (secondary N) is 2. The number of pyridine rings is 1. The second-order valence-corrected chi connectivity index (χ2v) is 4.02. The number of carbonyl (C=O) groups excluding carboxylic acids is 1. The fraction of sp³-hybridized carbons (Fsp3) is 0.364. The van der Waals surface area contributed by atoms with Crippen molar-refractivity contribution >= 4 is 23.5 Å². The Morgan fingerprint density at radius 3 is 2.68 bits per heavy atom. The molecule has 1 heterocycles. The lowest BCUT2D eigenvalue weighted by Crippen LogP contribution is -2.37. The Bertz CT molecular complexity index is 475. The highest BCUT2D eigenvalue weighted by atomic mass is 16.4. The van der Waals surface area contributed by atoms with Crippen molar-refractivity contribution in [3.8, 4) is 0 Å². The number of carboxylic acids is 1. The van der Waals surface area contributed by atoms with E-state index < -0.39 is 5.97 Å². The van der Waals surface area contributed by atoms with Gasteiger partial charge in [-0.1, -0.05) is 0 Å². The van der Waals surface area contributed by atoms with E-state index in [0.29, 0.717) is 13.1 Å².